The molecule has 2 N–H and O–H groups in total. The highest BCUT2D eigenvalue weighted by Gasteiger charge is 2.35. The van der Waals surface area contributed by atoms with Gasteiger partial charge in [0, 0.05) is 25.2 Å². The third-order valence-electron chi connectivity index (χ3n) is 8.48. The van der Waals surface area contributed by atoms with E-state index in [0.717, 1.165) is 46.5 Å². The van der Waals surface area contributed by atoms with E-state index in [1.165, 1.54) is 12.2 Å². The van der Waals surface area contributed by atoms with Gasteiger partial charge in [-0.2, -0.15) is 0 Å². The Morgan fingerprint density at radius 3 is 1.57 bits per heavy atom. The fourth-order valence-corrected chi connectivity index (χ4v) is 6.13. The minimum absolute atomic E-state index is 0.0636. The van der Waals surface area contributed by atoms with Gasteiger partial charge in [-0.25, -0.2) is 10.3 Å². The highest BCUT2D eigenvalue weighted by molar-refractivity contribution is 6.03. The smallest absolute Gasteiger partial charge is 0.330 e. The van der Waals surface area contributed by atoms with Gasteiger partial charge in [-0.1, -0.05) is 97.1 Å². The molecule has 250 valence electrons. The van der Waals surface area contributed by atoms with E-state index >= 15 is 0 Å². The van der Waals surface area contributed by atoms with Crippen molar-refractivity contribution in [3.63, 3.8) is 0 Å². The van der Waals surface area contributed by atoms with Crippen LogP contribution < -0.4 is 15.3 Å². The van der Waals surface area contributed by atoms with E-state index in [1.54, 1.807) is 29.5 Å². The monoisotopic (exact) mass is 657 g/mol. The number of anilines is 2. The van der Waals surface area contributed by atoms with Gasteiger partial charge in [-0.05, 0) is 66.3 Å². The van der Waals surface area contributed by atoms with E-state index in [4.69, 9.17) is 9.94 Å². The highest BCUT2D eigenvalue weighted by Crippen LogP contribution is 2.35. The van der Waals surface area contributed by atoms with Crippen molar-refractivity contribution >= 4 is 47.2 Å². The Kier molecular flexibility index (Phi) is 11.9. The Balaban J connectivity index is 0.000000191. The molecule has 0 unspecified atom stereocenters. The number of hydroxylamine groups is 1. The summed E-state index contributed by atoms with van der Waals surface area (Å²) in [5.41, 5.74) is 6.81. The summed E-state index contributed by atoms with van der Waals surface area (Å²) < 4.78 is 4.92. The van der Waals surface area contributed by atoms with E-state index in [1.807, 2.05) is 114 Å². The second kappa shape index (κ2) is 16.9. The standard InChI is InChI=1S/C21H21NO3.C19H18N2O3/c1-2-25-20(23)13-12-17-10-6-7-11-19(17)22-15-14-18(21(22)24)16-8-4-3-5-9-16;22-18(20-24)11-10-15-8-4-5-9-17(15)21-13-12-16(19(21)23)14-6-2-1-3-7-14/h3-13,18H,2,14-15H2,1H3;1-11,16,24H,12-13H2,(H,20,22)/b13-12+;11-10+/t18-;16-/m00/s1. The summed E-state index contributed by atoms with van der Waals surface area (Å²) in [6.45, 7) is 3.42. The molecule has 6 rings (SSSR count). The van der Waals surface area contributed by atoms with Crippen LogP contribution >= 0.6 is 0 Å². The molecule has 4 aromatic rings. The number of nitrogens with one attached hydrogen (secondary N) is 1. The zero-order chi connectivity index (χ0) is 34.6. The van der Waals surface area contributed by atoms with E-state index in [9.17, 15) is 19.2 Å². The van der Waals surface area contributed by atoms with Crippen molar-refractivity contribution in [3.8, 4) is 0 Å². The maximum absolute atomic E-state index is 12.9. The fourth-order valence-electron chi connectivity index (χ4n) is 6.13. The molecule has 0 saturated carbocycles. The molecule has 0 radical (unpaired) electrons. The van der Waals surface area contributed by atoms with Gasteiger partial charge in [0.25, 0.3) is 5.91 Å². The number of hydrogen-bond acceptors (Lipinski definition) is 6. The normalized spacial score (nSPS) is 17.3. The summed E-state index contributed by atoms with van der Waals surface area (Å²) in [7, 11) is 0. The number of nitrogens with zero attached hydrogens (tertiary/aromatic N) is 2. The van der Waals surface area contributed by atoms with Crippen molar-refractivity contribution in [3.05, 3.63) is 144 Å². The highest BCUT2D eigenvalue weighted by atomic mass is 16.5. The van der Waals surface area contributed by atoms with Crippen LogP contribution in [0.1, 0.15) is 53.9 Å². The molecule has 0 aromatic heterocycles. The van der Waals surface area contributed by atoms with Crippen LogP contribution in [0.2, 0.25) is 0 Å². The van der Waals surface area contributed by atoms with Crippen molar-refractivity contribution in [2.24, 2.45) is 0 Å². The van der Waals surface area contributed by atoms with Crippen LogP contribution in [0.3, 0.4) is 0 Å². The molecule has 9 heteroatoms. The summed E-state index contributed by atoms with van der Waals surface area (Å²) in [6, 6.07) is 34.6. The van der Waals surface area contributed by atoms with Gasteiger partial charge in [0.15, 0.2) is 0 Å². The van der Waals surface area contributed by atoms with Crippen molar-refractivity contribution in [2.45, 2.75) is 31.6 Å². The summed E-state index contributed by atoms with van der Waals surface area (Å²) in [4.78, 5) is 52.1. The lowest BCUT2D eigenvalue weighted by Gasteiger charge is -2.19. The average Bonchev–Trinajstić information content (AvgIpc) is 3.72. The summed E-state index contributed by atoms with van der Waals surface area (Å²) in [5, 5.41) is 8.58. The molecule has 2 saturated heterocycles. The van der Waals surface area contributed by atoms with Gasteiger partial charge in [0.05, 0.1) is 29.8 Å². The molecule has 4 aromatic carbocycles. The van der Waals surface area contributed by atoms with Crippen LogP contribution in [0, 0.1) is 0 Å². The van der Waals surface area contributed by atoms with Crippen molar-refractivity contribution in [1.82, 2.24) is 5.48 Å². The first-order valence-corrected chi connectivity index (χ1v) is 16.3. The second-order valence-electron chi connectivity index (χ2n) is 11.5. The molecule has 49 heavy (non-hydrogen) atoms. The van der Waals surface area contributed by atoms with Gasteiger partial charge in [-0.3, -0.25) is 19.6 Å². The molecule has 0 bridgehead atoms. The fraction of sp³-hybridized carbons (Fsp3) is 0.200. The zero-order valence-corrected chi connectivity index (χ0v) is 27.3. The van der Waals surface area contributed by atoms with Crippen LogP contribution in [-0.4, -0.2) is 48.6 Å². The lowest BCUT2D eigenvalue weighted by atomic mass is 9.98. The molecule has 2 fully saturated rings. The van der Waals surface area contributed by atoms with Crippen molar-refractivity contribution < 1.29 is 29.1 Å². The number of esters is 1. The maximum Gasteiger partial charge on any atom is 0.330 e. The largest absolute Gasteiger partial charge is 0.463 e. The molecule has 2 aliphatic rings. The molecule has 0 spiro atoms. The van der Waals surface area contributed by atoms with Crippen LogP contribution in [-0.2, 0) is 23.9 Å². The Bertz CT molecular complexity index is 1820. The first kappa shape index (κ1) is 34.5. The van der Waals surface area contributed by atoms with E-state index in [0.29, 0.717) is 19.7 Å². The predicted molar refractivity (Wildman–Crippen MR) is 190 cm³/mol. The molecule has 3 amide bonds. The molecular weight excluding hydrogens is 618 g/mol. The number of carbonyl (C=O) groups excluding carboxylic acids is 4. The lowest BCUT2D eigenvalue weighted by molar-refractivity contribution is -0.137. The molecule has 2 atom stereocenters. The van der Waals surface area contributed by atoms with Crippen LogP contribution in [0.4, 0.5) is 11.4 Å². The number of carbonyl (C=O) groups is 4. The lowest BCUT2D eigenvalue weighted by Crippen LogP contribution is -2.27. The zero-order valence-electron chi connectivity index (χ0n) is 27.3. The van der Waals surface area contributed by atoms with Crippen LogP contribution in [0.15, 0.2) is 121 Å². The Morgan fingerprint density at radius 2 is 1.12 bits per heavy atom. The Morgan fingerprint density at radius 1 is 0.694 bits per heavy atom. The number of amides is 3. The Labute approximate surface area is 286 Å². The molecule has 2 aliphatic heterocycles. The summed E-state index contributed by atoms with van der Waals surface area (Å²) in [5.74, 6) is -1.07. The molecule has 9 nitrogen and oxygen atoms in total. The number of benzene rings is 4. The number of rotatable bonds is 9. The SMILES string of the molecule is CCOC(=O)/C=C/c1ccccc1N1CC[C@@H](c2ccccc2)C1=O.O=C(/C=C/c1ccccc1N1CC[C@@H](c2ccccc2)C1=O)NO. The van der Waals surface area contributed by atoms with Gasteiger partial charge < -0.3 is 14.5 Å². The van der Waals surface area contributed by atoms with Gasteiger partial charge in [0.2, 0.25) is 11.8 Å². The van der Waals surface area contributed by atoms with E-state index < -0.39 is 5.91 Å². The second-order valence-corrected chi connectivity index (χ2v) is 11.5. The van der Waals surface area contributed by atoms with Crippen LogP contribution in [0.25, 0.3) is 12.2 Å². The molecular formula is C40H39N3O6. The maximum atomic E-state index is 12.9. The minimum atomic E-state index is -0.611. The Hall–Kier alpha value is -5.80. The van der Waals surface area contributed by atoms with Gasteiger partial charge in [0.1, 0.15) is 0 Å². The first-order valence-electron chi connectivity index (χ1n) is 16.3. The number of para-hydroxylation sites is 2. The van der Waals surface area contributed by atoms with Crippen LogP contribution in [0.5, 0.6) is 0 Å². The minimum Gasteiger partial charge on any atom is -0.463 e. The third kappa shape index (κ3) is 8.57. The number of hydrogen-bond donors (Lipinski definition) is 2. The topological polar surface area (TPSA) is 116 Å². The average molecular weight is 658 g/mol. The van der Waals surface area contributed by atoms with Crippen molar-refractivity contribution in [1.29, 1.82) is 0 Å². The summed E-state index contributed by atoms with van der Waals surface area (Å²) in [6.07, 6.45) is 7.48. The predicted octanol–water partition coefficient (Wildman–Crippen LogP) is 6.51. The molecule has 2 heterocycles. The first-order chi connectivity index (χ1) is 23.9. The van der Waals surface area contributed by atoms with Gasteiger partial charge in [-0.15, -0.1) is 0 Å². The number of ether oxygens (including phenoxy) is 1. The van der Waals surface area contributed by atoms with E-state index in [-0.39, 0.29) is 29.6 Å². The third-order valence-corrected chi connectivity index (χ3v) is 8.48. The van der Waals surface area contributed by atoms with Crippen molar-refractivity contribution in [2.75, 3.05) is 29.5 Å². The summed E-state index contributed by atoms with van der Waals surface area (Å²) >= 11 is 0. The quantitative estimate of drug-likeness (QED) is 0.0918. The van der Waals surface area contributed by atoms with Gasteiger partial charge >= 0.3 is 5.97 Å². The van der Waals surface area contributed by atoms with E-state index in [2.05, 4.69) is 0 Å². The molecule has 0 aliphatic carbocycles.